The fourth-order valence-electron chi connectivity index (χ4n) is 3.84. The fourth-order valence-corrected chi connectivity index (χ4v) is 5.30. The molecule has 0 spiro atoms. The molecular formula is C25H33N3O3S. The first-order valence-corrected chi connectivity index (χ1v) is 12.7. The Morgan fingerprint density at radius 3 is 2.16 bits per heavy atom. The second-order valence-electron chi connectivity index (χ2n) is 8.01. The Balaban J connectivity index is 1.49. The van der Waals surface area contributed by atoms with E-state index in [1.54, 1.807) is 30.3 Å². The van der Waals surface area contributed by atoms with Crippen molar-refractivity contribution in [2.75, 3.05) is 26.2 Å². The molecule has 1 fully saturated rings. The zero-order chi connectivity index (χ0) is 23.0. The molecule has 0 unspecified atom stereocenters. The van der Waals surface area contributed by atoms with Crippen LogP contribution in [0.25, 0.3) is 6.08 Å². The van der Waals surface area contributed by atoms with E-state index in [4.69, 9.17) is 0 Å². The van der Waals surface area contributed by atoms with Crippen molar-refractivity contribution in [2.24, 2.45) is 0 Å². The largest absolute Gasteiger partial charge is 0.348 e. The van der Waals surface area contributed by atoms with E-state index in [9.17, 15) is 13.2 Å². The highest BCUT2D eigenvalue weighted by molar-refractivity contribution is 7.89. The summed E-state index contributed by atoms with van der Waals surface area (Å²) in [6, 6.07) is 14.9. The summed E-state index contributed by atoms with van der Waals surface area (Å²) >= 11 is 0. The van der Waals surface area contributed by atoms with Crippen molar-refractivity contribution >= 4 is 22.0 Å². The molecule has 1 N–H and O–H groups in total. The molecule has 0 aliphatic carbocycles. The third kappa shape index (κ3) is 6.51. The van der Waals surface area contributed by atoms with E-state index < -0.39 is 10.0 Å². The molecule has 6 nitrogen and oxygen atoms in total. The quantitative estimate of drug-likeness (QED) is 0.556. The number of amides is 1. The molecule has 1 amide bonds. The van der Waals surface area contributed by atoms with Crippen molar-refractivity contribution < 1.29 is 13.2 Å². The number of rotatable bonds is 10. The van der Waals surface area contributed by atoms with Gasteiger partial charge in [-0.3, -0.25) is 9.69 Å². The van der Waals surface area contributed by atoms with E-state index in [0.717, 1.165) is 17.7 Å². The zero-order valence-corrected chi connectivity index (χ0v) is 19.8. The number of nitrogens with zero attached hydrogens (tertiary/aromatic N) is 2. The van der Waals surface area contributed by atoms with Crippen LogP contribution in [-0.4, -0.2) is 49.7 Å². The van der Waals surface area contributed by atoms with Crippen LogP contribution in [0.5, 0.6) is 0 Å². The number of hydrogen-bond acceptors (Lipinski definition) is 4. The first kappa shape index (κ1) is 24.2. The van der Waals surface area contributed by atoms with E-state index in [-0.39, 0.29) is 10.8 Å². The third-order valence-electron chi connectivity index (χ3n) is 5.75. The van der Waals surface area contributed by atoms with Crippen molar-refractivity contribution in [3.8, 4) is 0 Å². The van der Waals surface area contributed by atoms with Crippen molar-refractivity contribution in [1.29, 1.82) is 0 Å². The molecule has 32 heavy (non-hydrogen) atoms. The van der Waals surface area contributed by atoms with Crippen LogP contribution in [0, 0.1) is 0 Å². The maximum Gasteiger partial charge on any atom is 0.244 e. The Morgan fingerprint density at radius 1 is 0.969 bits per heavy atom. The predicted octanol–water partition coefficient (Wildman–Crippen LogP) is 3.64. The van der Waals surface area contributed by atoms with Crippen molar-refractivity contribution in [3.05, 3.63) is 71.3 Å². The van der Waals surface area contributed by atoms with Gasteiger partial charge in [0.1, 0.15) is 0 Å². The minimum absolute atomic E-state index is 0.189. The lowest BCUT2D eigenvalue weighted by molar-refractivity contribution is -0.116. The molecule has 1 aliphatic heterocycles. The normalized spacial score (nSPS) is 15.0. The van der Waals surface area contributed by atoms with Gasteiger partial charge in [-0.25, -0.2) is 8.42 Å². The molecule has 1 saturated heterocycles. The highest BCUT2D eigenvalue weighted by atomic mass is 32.2. The van der Waals surface area contributed by atoms with Crippen molar-refractivity contribution in [3.63, 3.8) is 0 Å². The smallest absolute Gasteiger partial charge is 0.244 e. The molecule has 0 saturated carbocycles. The lowest BCUT2D eigenvalue weighted by atomic mass is 10.1. The lowest BCUT2D eigenvalue weighted by Crippen LogP contribution is -2.30. The van der Waals surface area contributed by atoms with Crippen LogP contribution in [-0.2, 0) is 27.9 Å². The standard InChI is InChI=1S/C25H33N3O3S/c1-3-28(4-2)32(30,31)24-14-11-21(12-15-24)13-16-25(29)26-19-22-7-9-23(10-8-22)20-27-17-5-6-18-27/h7-16H,3-6,17-20H2,1-2H3,(H,26,29)/b16-13+. The van der Waals surface area contributed by atoms with Gasteiger partial charge in [-0.15, -0.1) is 0 Å². The van der Waals surface area contributed by atoms with Crippen molar-refractivity contribution in [1.82, 2.24) is 14.5 Å². The van der Waals surface area contributed by atoms with Gasteiger partial charge in [0.15, 0.2) is 0 Å². The highest BCUT2D eigenvalue weighted by Gasteiger charge is 2.20. The molecule has 0 bridgehead atoms. The van der Waals surface area contributed by atoms with E-state index >= 15 is 0 Å². The van der Waals surface area contributed by atoms with E-state index in [0.29, 0.717) is 19.6 Å². The Morgan fingerprint density at radius 2 is 1.56 bits per heavy atom. The summed E-state index contributed by atoms with van der Waals surface area (Å²) in [6.07, 6.45) is 5.73. The molecule has 2 aromatic rings. The minimum Gasteiger partial charge on any atom is -0.348 e. The molecule has 0 radical (unpaired) electrons. The van der Waals surface area contributed by atoms with Crippen LogP contribution in [0.2, 0.25) is 0 Å². The summed E-state index contributed by atoms with van der Waals surface area (Å²) in [4.78, 5) is 14.9. The maximum atomic E-state index is 12.5. The third-order valence-corrected chi connectivity index (χ3v) is 7.81. The Hall–Kier alpha value is -2.48. The van der Waals surface area contributed by atoms with Crippen LogP contribution >= 0.6 is 0 Å². The SMILES string of the molecule is CCN(CC)S(=O)(=O)c1ccc(/C=C/C(=O)NCc2ccc(CN3CCCC3)cc2)cc1. The Kier molecular flexibility index (Phi) is 8.61. The first-order chi connectivity index (χ1) is 15.4. The maximum absolute atomic E-state index is 12.5. The summed E-state index contributed by atoms with van der Waals surface area (Å²) in [7, 11) is -3.47. The van der Waals surface area contributed by atoms with Crippen LogP contribution in [0.15, 0.2) is 59.5 Å². The van der Waals surface area contributed by atoms with Crippen LogP contribution in [0.4, 0.5) is 0 Å². The Labute approximate surface area is 192 Å². The molecule has 2 aromatic carbocycles. The highest BCUT2D eigenvalue weighted by Crippen LogP contribution is 2.17. The number of hydrogen-bond donors (Lipinski definition) is 1. The average molecular weight is 456 g/mol. The molecule has 1 heterocycles. The molecule has 172 valence electrons. The van der Waals surface area contributed by atoms with E-state index in [1.165, 1.54) is 41.9 Å². The molecule has 0 atom stereocenters. The number of benzene rings is 2. The van der Waals surface area contributed by atoms with Gasteiger partial charge >= 0.3 is 0 Å². The minimum atomic E-state index is -3.47. The van der Waals surface area contributed by atoms with Crippen LogP contribution in [0.3, 0.4) is 0 Å². The molecule has 3 rings (SSSR count). The monoisotopic (exact) mass is 455 g/mol. The molecule has 7 heteroatoms. The average Bonchev–Trinajstić information content (AvgIpc) is 3.31. The summed E-state index contributed by atoms with van der Waals surface area (Å²) in [5, 5.41) is 2.89. The molecule has 0 aromatic heterocycles. The van der Waals surface area contributed by atoms with Gasteiger partial charge in [0, 0.05) is 32.3 Å². The second-order valence-corrected chi connectivity index (χ2v) is 9.95. The van der Waals surface area contributed by atoms with Gasteiger partial charge in [-0.05, 0) is 60.8 Å². The van der Waals surface area contributed by atoms with Gasteiger partial charge in [0.05, 0.1) is 4.90 Å². The van der Waals surface area contributed by atoms with Crippen molar-refractivity contribution in [2.45, 2.75) is 44.7 Å². The van der Waals surface area contributed by atoms with Gasteiger partial charge in [-0.2, -0.15) is 4.31 Å². The van der Waals surface area contributed by atoms with Crippen LogP contribution in [0.1, 0.15) is 43.4 Å². The number of likely N-dealkylation sites (tertiary alicyclic amines) is 1. The number of nitrogens with one attached hydrogen (secondary N) is 1. The summed E-state index contributed by atoms with van der Waals surface area (Å²) in [5.41, 5.74) is 3.13. The zero-order valence-electron chi connectivity index (χ0n) is 19.0. The summed E-state index contributed by atoms with van der Waals surface area (Å²) in [5.74, 6) is -0.189. The van der Waals surface area contributed by atoms with Gasteiger partial charge in [-0.1, -0.05) is 50.2 Å². The van der Waals surface area contributed by atoms with Crippen LogP contribution < -0.4 is 5.32 Å². The lowest BCUT2D eigenvalue weighted by Gasteiger charge is -2.18. The molecular weight excluding hydrogens is 422 g/mol. The number of carbonyl (C=O) groups excluding carboxylic acids is 1. The van der Waals surface area contributed by atoms with Gasteiger partial charge in [0.25, 0.3) is 0 Å². The molecule has 1 aliphatic rings. The van der Waals surface area contributed by atoms with E-state index in [1.807, 2.05) is 13.8 Å². The Bertz CT molecular complexity index is 1010. The topological polar surface area (TPSA) is 69.7 Å². The van der Waals surface area contributed by atoms with Gasteiger partial charge in [0.2, 0.25) is 15.9 Å². The summed E-state index contributed by atoms with van der Waals surface area (Å²) < 4.78 is 26.5. The van der Waals surface area contributed by atoms with E-state index in [2.05, 4.69) is 34.5 Å². The number of carbonyl (C=O) groups is 1. The first-order valence-electron chi connectivity index (χ1n) is 11.3. The fraction of sp³-hybridized carbons (Fsp3) is 0.400. The number of sulfonamides is 1. The second kappa shape index (κ2) is 11.4. The predicted molar refractivity (Wildman–Crippen MR) is 128 cm³/mol. The summed E-state index contributed by atoms with van der Waals surface area (Å²) in [6.45, 7) is 8.32. The van der Waals surface area contributed by atoms with Gasteiger partial charge < -0.3 is 5.32 Å².